The van der Waals surface area contributed by atoms with Gasteiger partial charge >= 0.3 is 0 Å². The molecule has 0 aromatic heterocycles. The fourth-order valence-electron chi connectivity index (χ4n) is 2.22. The third-order valence-corrected chi connectivity index (χ3v) is 3.07. The molecule has 0 heterocycles. The van der Waals surface area contributed by atoms with Gasteiger partial charge in [-0.3, -0.25) is 4.79 Å². The van der Waals surface area contributed by atoms with Crippen LogP contribution < -0.4 is 5.73 Å². The van der Waals surface area contributed by atoms with E-state index in [1.807, 2.05) is 0 Å². The molecule has 2 aliphatic rings. The Labute approximate surface area is 86.1 Å². The van der Waals surface area contributed by atoms with Gasteiger partial charge < -0.3 is 5.73 Å². The quantitative estimate of drug-likeness (QED) is 0.559. The van der Waals surface area contributed by atoms with Gasteiger partial charge in [0.05, 0.1) is 11.3 Å². The van der Waals surface area contributed by atoms with E-state index in [0.29, 0.717) is 6.42 Å². The highest BCUT2D eigenvalue weighted by molar-refractivity contribution is 5.98. The number of fused-ring (bicyclic) bond motifs is 1. The normalized spacial score (nSPS) is 30.9. The molecule has 0 bridgehead atoms. The van der Waals surface area contributed by atoms with Gasteiger partial charge in [0.1, 0.15) is 0 Å². The topological polar surface area (TPSA) is 43.1 Å². The molecule has 2 aliphatic carbocycles. The average Bonchev–Trinajstić information content (AvgIpc) is 2.87. The third-order valence-electron chi connectivity index (χ3n) is 3.07. The summed E-state index contributed by atoms with van der Waals surface area (Å²) >= 11 is 0. The molecular formula is C11H11F2NO. The Hall–Kier alpha value is -1.41. The number of hydrogen-bond acceptors (Lipinski definition) is 2. The van der Waals surface area contributed by atoms with Gasteiger partial charge in [0, 0.05) is 5.92 Å². The Morgan fingerprint density at radius 3 is 2.60 bits per heavy atom. The number of rotatable bonds is 2. The van der Waals surface area contributed by atoms with Crippen LogP contribution >= 0.6 is 0 Å². The molecule has 1 fully saturated rings. The molecule has 2 rings (SSSR count). The second-order valence-corrected chi connectivity index (χ2v) is 4.01. The second-order valence-electron chi connectivity index (χ2n) is 4.01. The Kier molecular flexibility index (Phi) is 1.89. The molecule has 0 saturated heterocycles. The van der Waals surface area contributed by atoms with Crippen molar-refractivity contribution in [2.24, 2.45) is 17.6 Å². The van der Waals surface area contributed by atoms with E-state index in [4.69, 9.17) is 5.73 Å². The van der Waals surface area contributed by atoms with Crippen LogP contribution in [-0.4, -0.2) is 11.7 Å². The summed E-state index contributed by atoms with van der Waals surface area (Å²) < 4.78 is 26.9. The Morgan fingerprint density at radius 2 is 2.27 bits per heavy atom. The molecule has 15 heavy (non-hydrogen) atoms. The van der Waals surface area contributed by atoms with Crippen molar-refractivity contribution in [3.8, 4) is 0 Å². The molecule has 0 aromatic rings. The van der Waals surface area contributed by atoms with Crippen LogP contribution in [0.1, 0.15) is 13.3 Å². The molecule has 2 N–H and O–H groups in total. The number of hydrogen-bond donors (Lipinski definition) is 1. The Morgan fingerprint density at radius 1 is 1.67 bits per heavy atom. The molecule has 80 valence electrons. The van der Waals surface area contributed by atoms with Gasteiger partial charge in [-0.05, 0) is 24.8 Å². The maximum atomic E-state index is 13.4. The van der Waals surface area contributed by atoms with E-state index in [0.717, 1.165) is 0 Å². The molecule has 0 aliphatic heterocycles. The number of carbonyl (C=O) groups excluding carboxylic acids is 1. The van der Waals surface area contributed by atoms with Crippen LogP contribution in [0.3, 0.4) is 0 Å². The van der Waals surface area contributed by atoms with Crippen LogP contribution in [0.25, 0.3) is 0 Å². The summed E-state index contributed by atoms with van der Waals surface area (Å²) in [5.74, 6) is -4.26. The van der Waals surface area contributed by atoms with Crippen LogP contribution in [0.5, 0.6) is 0 Å². The lowest BCUT2D eigenvalue weighted by molar-refractivity contribution is -0.113. The van der Waals surface area contributed by atoms with Gasteiger partial charge in [0.25, 0.3) is 5.92 Å². The minimum Gasteiger partial charge on any atom is -0.397 e. The lowest BCUT2D eigenvalue weighted by Crippen LogP contribution is -2.26. The maximum absolute atomic E-state index is 13.4. The fraction of sp³-hybridized carbons (Fsp3) is 0.455. The van der Waals surface area contributed by atoms with E-state index in [-0.39, 0.29) is 22.8 Å². The summed E-state index contributed by atoms with van der Waals surface area (Å²) in [6.45, 7) is 4.65. The monoisotopic (exact) mass is 211 g/mol. The van der Waals surface area contributed by atoms with Crippen molar-refractivity contribution in [1.82, 2.24) is 0 Å². The van der Waals surface area contributed by atoms with Gasteiger partial charge in [-0.15, -0.1) is 5.73 Å². The van der Waals surface area contributed by atoms with Crippen molar-refractivity contribution in [2.45, 2.75) is 19.3 Å². The van der Waals surface area contributed by atoms with Crippen molar-refractivity contribution in [1.29, 1.82) is 0 Å². The van der Waals surface area contributed by atoms with E-state index < -0.39 is 17.5 Å². The second kappa shape index (κ2) is 2.80. The molecule has 1 saturated carbocycles. The summed E-state index contributed by atoms with van der Waals surface area (Å²) in [5, 5.41) is 0. The van der Waals surface area contributed by atoms with Gasteiger partial charge in [0.2, 0.25) is 0 Å². The van der Waals surface area contributed by atoms with Crippen molar-refractivity contribution in [3.63, 3.8) is 0 Å². The van der Waals surface area contributed by atoms with E-state index in [1.165, 1.54) is 6.92 Å². The van der Waals surface area contributed by atoms with Crippen LogP contribution in [0.2, 0.25) is 0 Å². The number of allylic oxidation sites excluding steroid dienone is 3. The zero-order chi connectivity index (χ0) is 11.4. The summed E-state index contributed by atoms with van der Waals surface area (Å²) in [6, 6.07) is 0. The lowest BCUT2D eigenvalue weighted by atomic mass is 9.99. The molecule has 2 nitrogen and oxygen atoms in total. The van der Waals surface area contributed by atoms with E-state index in [1.54, 1.807) is 0 Å². The summed E-state index contributed by atoms with van der Waals surface area (Å²) in [4.78, 5) is 11.2. The minimum atomic E-state index is -2.96. The number of halogens is 2. The molecule has 0 spiro atoms. The van der Waals surface area contributed by atoms with E-state index in [2.05, 4.69) is 12.3 Å². The van der Waals surface area contributed by atoms with Crippen LogP contribution in [0, 0.1) is 11.8 Å². The molecule has 0 radical (unpaired) electrons. The highest BCUT2D eigenvalue weighted by Gasteiger charge is 2.65. The molecule has 0 amide bonds. The number of carbonyl (C=O) groups is 1. The minimum absolute atomic E-state index is 0.122. The molecule has 2 unspecified atom stereocenters. The van der Waals surface area contributed by atoms with Gasteiger partial charge in [0.15, 0.2) is 5.78 Å². The molecule has 2 atom stereocenters. The highest BCUT2D eigenvalue weighted by atomic mass is 19.3. The first-order chi connectivity index (χ1) is 6.91. The first-order valence-corrected chi connectivity index (χ1v) is 4.70. The fourth-order valence-corrected chi connectivity index (χ4v) is 2.22. The predicted octanol–water partition coefficient (Wildman–Crippen LogP) is 1.78. The smallest absolute Gasteiger partial charge is 0.290 e. The summed E-state index contributed by atoms with van der Waals surface area (Å²) in [5.41, 5.74) is 7.72. The van der Waals surface area contributed by atoms with Crippen LogP contribution in [0.4, 0.5) is 8.78 Å². The van der Waals surface area contributed by atoms with Gasteiger partial charge in [-0.1, -0.05) is 6.58 Å². The highest BCUT2D eigenvalue weighted by Crippen LogP contribution is 2.62. The zero-order valence-corrected chi connectivity index (χ0v) is 8.31. The standard InChI is InChI=1S/C11H11F2NO/c1-3-6(5(2)15)9-7-4-8(7)11(12,13)10(9)14/h7-8H,1,4,14H2,2H3. The molecular weight excluding hydrogens is 200 g/mol. The number of Topliss-reactive ketones (excluding diaryl/α,β-unsaturated/α-hetero) is 1. The Balaban J connectivity index is 2.51. The largest absolute Gasteiger partial charge is 0.397 e. The van der Waals surface area contributed by atoms with E-state index in [9.17, 15) is 13.6 Å². The zero-order valence-electron chi connectivity index (χ0n) is 8.31. The number of ketones is 1. The SMILES string of the molecule is C=C=C(C(C)=O)C1=C(N)C(F)(F)C2CC12. The van der Waals surface area contributed by atoms with Crippen molar-refractivity contribution in [2.75, 3.05) is 0 Å². The van der Waals surface area contributed by atoms with Crippen LogP contribution in [-0.2, 0) is 4.79 Å². The van der Waals surface area contributed by atoms with E-state index >= 15 is 0 Å². The van der Waals surface area contributed by atoms with Crippen molar-refractivity contribution in [3.05, 3.63) is 29.2 Å². The maximum Gasteiger partial charge on any atom is 0.290 e. The van der Waals surface area contributed by atoms with Gasteiger partial charge in [-0.2, -0.15) is 8.78 Å². The first-order valence-electron chi connectivity index (χ1n) is 4.70. The predicted molar refractivity (Wildman–Crippen MR) is 51.1 cm³/mol. The third kappa shape index (κ3) is 1.18. The summed E-state index contributed by atoms with van der Waals surface area (Å²) in [6.07, 6.45) is 0.404. The van der Waals surface area contributed by atoms with Crippen molar-refractivity contribution < 1.29 is 13.6 Å². The molecule has 4 heteroatoms. The first kappa shape index (κ1) is 10.1. The Bertz CT molecular complexity index is 430. The number of nitrogens with two attached hydrogens (primary N) is 1. The average molecular weight is 211 g/mol. The number of alkyl halides is 2. The summed E-state index contributed by atoms with van der Waals surface area (Å²) in [7, 11) is 0. The van der Waals surface area contributed by atoms with Crippen molar-refractivity contribution >= 4 is 5.78 Å². The molecule has 0 aromatic carbocycles. The lowest BCUT2D eigenvalue weighted by Gasteiger charge is -2.13. The van der Waals surface area contributed by atoms with Gasteiger partial charge in [-0.25, -0.2) is 0 Å². The van der Waals surface area contributed by atoms with Crippen LogP contribution in [0.15, 0.2) is 29.2 Å².